The van der Waals surface area contributed by atoms with Crippen LogP contribution in [0.1, 0.15) is 51.0 Å². The first-order valence-corrected chi connectivity index (χ1v) is 8.25. The number of hydrogen-bond acceptors (Lipinski definition) is 1. The maximum absolute atomic E-state index is 9.75. The number of phenols is 1. The molecular formula is C15H20Br2O. The molecule has 1 aromatic rings. The van der Waals surface area contributed by atoms with E-state index in [2.05, 4.69) is 57.8 Å². The molecule has 0 heterocycles. The van der Waals surface area contributed by atoms with E-state index in [1.807, 2.05) is 0 Å². The molecule has 0 amide bonds. The van der Waals surface area contributed by atoms with Crippen molar-refractivity contribution in [3.63, 3.8) is 0 Å². The SMILES string of the molecule is CC(C)C1CCC(c2cc(Br)c(O)c(Br)c2)CC1. The Labute approximate surface area is 126 Å². The second kappa shape index (κ2) is 5.96. The van der Waals surface area contributed by atoms with Crippen LogP contribution in [0.25, 0.3) is 0 Å². The molecule has 0 atom stereocenters. The Morgan fingerprint density at radius 1 is 1.06 bits per heavy atom. The standard InChI is InChI=1S/C15H20Br2O/c1-9(2)10-3-5-11(6-4-10)12-7-13(16)15(18)14(17)8-12/h7-11,18H,3-6H2,1-2H3. The van der Waals surface area contributed by atoms with Crippen LogP contribution in [0.4, 0.5) is 0 Å². The molecule has 0 bridgehead atoms. The fourth-order valence-corrected chi connectivity index (χ4v) is 4.16. The van der Waals surface area contributed by atoms with E-state index in [-0.39, 0.29) is 0 Å². The summed E-state index contributed by atoms with van der Waals surface area (Å²) >= 11 is 6.84. The van der Waals surface area contributed by atoms with Gasteiger partial charge in [0.2, 0.25) is 0 Å². The monoisotopic (exact) mass is 374 g/mol. The van der Waals surface area contributed by atoms with Gasteiger partial charge in [0.1, 0.15) is 5.75 Å². The predicted octanol–water partition coefficient (Wildman–Crippen LogP) is 5.85. The van der Waals surface area contributed by atoms with Gasteiger partial charge in [-0.15, -0.1) is 0 Å². The average molecular weight is 376 g/mol. The summed E-state index contributed by atoms with van der Waals surface area (Å²) in [6.45, 7) is 4.66. The highest BCUT2D eigenvalue weighted by atomic mass is 79.9. The van der Waals surface area contributed by atoms with Crippen molar-refractivity contribution in [1.82, 2.24) is 0 Å². The zero-order valence-corrected chi connectivity index (χ0v) is 14.1. The lowest BCUT2D eigenvalue weighted by Crippen LogP contribution is -2.17. The Morgan fingerprint density at radius 2 is 1.56 bits per heavy atom. The second-order valence-corrected chi connectivity index (χ2v) is 7.40. The summed E-state index contributed by atoms with van der Waals surface area (Å²) in [4.78, 5) is 0. The van der Waals surface area contributed by atoms with Gasteiger partial charge in [0.05, 0.1) is 8.95 Å². The highest BCUT2D eigenvalue weighted by molar-refractivity contribution is 9.11. The third-order valence-corrected chi connectivity index (χ3v) is 5.43. The van der Waals surface area contributed by atoms with E-state index in [1.54, 1.807) is 0 Å². The van der Waals surface area contributed by atoms with E-state index in [0.29, 0.717) is 11.7 Å². The van der Waals surface area contributed by atoms with Gasteiger partial charge in [0, 0.05) is 0 Å². The molecule has 0 spiro atoms. The highest BCUT2D eigenvalue weighted by Gasteiger charge is 2.25. The van der Waals surface area contributed by atoms with Crippen LogP contribution >= 0.6 is 31.9 Å². The fraction of sp³-hybridized carbons (Fsp3) is 0.600. The number of halogens is 2. The summed E-state index contributed by atoms with van der Waals surface area (Å²) in [5.74, 6) is 2.65. The minimum absolute atomic E-state index is 0.301. The number of phenolic OH excluding ortho intramolecular Hbond substituents is 1. The summed E-state index contributed by atoms with van der Waals surface area (Å²) in [5.41, 5.74) is 1.34. The summed E-state index contributed by atoms with van der Waals surface area (Å²) < 4.78 is 1.58. The summed E-state index contributed by atoms with van der Waals surface area (Å²) in [7, 11) is 0. The third kappa shape index (κ3) is 3.11. The lowest BCUT2D eigenvalue weighted by atomic mass is 9.75. The van der Waals surface area contributed by atoms with Gasteiger partial charge in [-0.1, -0.05) is 13.8 Å². The van der Waals surface area contributed by atoms with Gasteiger partial charge >= 0.3 is 0 Å². The smallest absolute Gasteiger partial charge is 0.143 e. The maximum Gasteiger partial charge on any atom is 0.143 e. The van der Waals surface area contributed by atoms with Crippen LogP contribution in [0, 0.1) is 11.8 Å². The van der Waals surface area contributed by atoms with E-state index in [0.717, 1.165) is 20.8 Å². The first kappa shape index (κ1) is 14.4. The van der Waals surface area contributed by atoms with E-state index >= 15 is 0 Å². The molecule has 0 aliphatic heterocycles. The molecule has 1 aliphatic rings. The minimum atomic E-state index is 0.301. The van der Waals surface area contributed by atoms with Crippen LogP contribution in [0.15, 0.2) is 21.1 Å². The van der Waals surface area contributed by atoms with Gasteiger partial charge in [-0.25, -0.2) is 0 Å². The molecule has 0 radical (unpaired) electrons. The largest absolute Gasteiger partial charge is 0.506 e. The highest BCUT2D eigenvalue weighted by Crippen LogP contribution is 2.42. The van der Waals surface area contributed by atoms with E-state index in [9.17, 15) is 5.11 Å². The van der Waals surface area contributed by atoms with Crippen molar-refractivity contribution < 1.29 is 5.11 Å². The van der Waals surface area contributed by atoms with Crippen molar-refractivity contribution in [3.05, 3.63) is 26.6 Å². The molecule has 1 aliphatic carbocycles. The van der Waals surface area contributed by atoms with Crippen molar-refractivity contribution in [3.8, 4) is 5.75 Å². The van der Waals surface area contributed by atoms with Gasteiger partial charge in [-0.2, -0.15) is 0 Å². The number of rotatable bonds is 2. The molecule has 1 nitrogen and oxygen atoms in total. The van der Waals surface area contributed by atoms with Crippen molar-refractivity contribution >= 4 is 31.9 Å². The van der Waals surface area contributed by atoms with E-state index < -0.39 is 0 Å². The molecule has 18 heavy (non-hydrogen) atoms. The van der Waals surface area contributed by atoms with Gasteiger partial charge in [-0.3, -0.25) is 0 Å². The van der Waals surface area contributed by atoms with Gasteiger partial charge < -0.3 is 5.11 Å². The number of benzene rings is 1. The molecule has 3 heteroatoms. The minimum Gasteiger partial charge on any atom is -0.506 e. The summed E-state index contributed by atoms with van der Waals surface area (Å²) in [6, 6.07) is 4.14. The van der Waals surface area contributed by atoms with E-state index in [1.165, 1.54) is 31.2 Å². The van der Waals surface area contributed by atoms with E-state index in [4.69, 9.17) is 0 Å². The third-order valence-electron chi connectivity index (χ3n) is 4.23. The summed E-state index contributed by atoms with van der Waals surface area (Å²) in [5, 5.41) is 9.75. The Kier molecular flexibility index (Phi) is 4.76. The molecule has 100 valence electrons. The quantitative estimate of drug-likeness (QED) is 0.687. The Bertz CT molecular complexity index is 397. The van der Waals surface area contributed by atoms with Crippen molar-refractivity contribution in [2.45, 2.75) is 45.4 Å². The molecular weight excluding hydrogens is 356 g/mol. The first-order valence-electron chi connectivity index (χ1n) is 6.67. The van der Waals surface area contributed by atoms with Crippen LogP contribution in [-0.4, -0.2) is 5.11 Å². The lowest BCUT2D eigenvalue weighted by Gasteiger charge is -2.31. The molecule has 1 N–H and O–H groups in total. The zero-order valence-electron chi connectivity index (χ0n) is 10.9. The molecule has 0 saturated heterocycles. The molecule has 1 aromatic carbocycles. The lowest BCUT2D eigenvalue weighted by molar-refractivity contribution is 0.259. The Morgan fingerprint density at radius 3 is 2.00 bits per heavy atom. The van der Waals surface area contributed by atoms with Crippen LogP contribution in [0.2, 0.25) is 0 Å². The van der Waals surface area contributed by atoms with Crippen molar-refractivity contribution in [1.29, 1.82) is 0 Å². The van der Waals surface area contributed by atoms with Gasteiger partial charge in [0.25, 0.3) is 0 Å². The van der Waals surface area contributed by atoms with Crippen LogP contribution < -0.4 is 0 Å². The van der Waals surface area contributed by atoms with Crippen LogP contribution in [-0.2, 0) is 0 Å². The van der Waals surface area contributed by atoms with Crippen LogP contribution in [0.5, 0.6) is 5.75 Å². The van der Waals surface area contributed by atoms with Crippen LogP contribution in [0.3, 0.4) is 0 Å². The number of hydrogen-bond donors (Lipinski definition) is 1. The van der Waals surface area contributed by atoms with Gasteiger partial charge in [0.15, 0.2) is 0 Å². The van der Waals surface area contributed by atoms with Gasteiger partial charge in [-0.05, 0) is 93.0 Å². The second-order valence-electron chi connectivity index (χ2n) is 5.69. The molecule has 2 rings (SSSR count). The maximum atomic E-state index is 9.75. The van der Waals surface area contributed by atoms with Crippen molar-refractivity contribution in [2.75, 3.05) is 0 Å². The Balaban J connectivity index is 2.10. The predicted molar refractivity (Wildman–Crippen MR) is 83.0 cm³/mol. The zero-order chi connectivity index (χ0) is 13.3. The summed E-state index contributed by atoms with van der Waals surface area (Å²) in [6.07, 6.45) is 5.20. The average Bonchev–Trinajstić information content (AvgIpc) is 2.35. The molecule has 0 aromatic heterocycles. The topological polar surface area (TPSA) is 20.2 Å². The molecule has 1 saturated carbocycles. The van der Waals surface area contributed by atoms with Crippen molar-refractivity contribution in [2.24, 2.45) is 11.8 Å². The first-order chi connectivity index (χ1) is 8.49. The number of aromatic hydroxyl groups is 1. The fourth-order valence-electron chi connectivity index (χ4n) is 2.94. The Hall–Kier alpha value is -0.0200. The molecule has 1 fully saturated rings. The molecule has 0 unspecified atom stereocenters. The normalized spacial score (nSPS) is 24.5.